The van der Waals surface area contributed by atoms with Gasteiger partial charge < -0.3 is 10.2 Å². The quantitative estimate of drug-likeness (QED) is 0.759. The fraction of sp³-hybridized carbons (Fsp3) is 0.250. The molecule has 0 bridgehead atoms. The van der Waals surface area contributed by atoms with Gasteiger partial charge in [0.25, 0.3) is 7.44 Å². The van der Waals surface area contributed by atoms with Crippen molar-refractivity contribution >= 4 is 18.8 Å². The minimum absolute atomic E-state index is 0.404. The van der Waals surface area contributed by atoms with Crippen LogP contribution in [0.2, 0.25) is 0 Å². The summed E-state index contributed by atoms with van der Waals surface area (Å²) in [6.07, 6.45) is 0. The van der Waals surface area contributed by atoms with Crippen LogP contribution in [0, 0.1) is 0 Å². The molecule has 4 heteroatoms. The van der Waals surface area contributed by atoms with E-state index in [1.807, 2.05) is 81.4 Å². The molecule has 106 valence electrons. The van der Waals surface area contributed by atoms with Crippen LogP contribution in [0.4, 0.5) is 11.4 Å². The van der Waals surface area contributed by atoms with Gasteiger partial charge in [0.15, 0.2) is 0 Å². The maximum absolute atomic E-state index is 13.4. The lowest BCUT2D eigenvalue weighted by molar-refractivity contribution is 0.556. The van der Waals surface area contributed by atoms with E-state index in [-0.39, 0.29) is 0 Å². The van der Waals surface area contributed by atoms with Gasteiger partial charge in [0.2, 0.25) is 0 Å². The summed E-state index contributed by atoms with van der Waals surface area (Å²) in [4.78, 5) is 0. The lowest BCUT2D eigenvalue weighted by atomic mass is 10.3. The average Bonchev–Trinajstić information content (AvgIpc) is 2.39. The van der Waals surface area contributed by atoms with Crippen molar-refractivity contribution in [1.29, 1.82) is 0 Å². The fourth-order valence-electron chi connectivity index (χ4n) is 1.75. The maximum Gasteiger partial charge on any atom is 0.263 e. The number of benzene rings is 2. The number of anilines is 2. The molecule has 0 spiro atoms. The van der Waals surface area contributed by atoms with Crippen LogP contribution in [0.25, 0.3) is 0 Å². The highest BCUT2D eigenvalue weighted by Crippen LogP contribution is 2.56. The molecule has 0 fully saturated rings. The molecule has 0 aliphatic heterocycles. The molecule has 0 aliphatic carbocycles. The van der Waals surface area contributed by atoms with E-state index in [2.05, 4.69) is 10.2 Å². The minimum Gasteiger partial charge on any atom is -0.320 e. The molecule has 0 saturated carbocycles. The molecular weight excluding hydrogens is 267 g/mol. The Balaban J connectivity index is 2.30. The summed E-state index contributed by atoms with van der Waals surface area (Å²) >= 11 is 0. The van der Waals surface area contributed by atoms with Crippen molar-refractivity contribution in [3.05, 3.63) is 60.7 Å². The molecule has 2 aromatic carbocycles. The smallest absolute Gasteiger partial charge is 0.263 e. The Bertz CT molecular complexity index is 545. The van der Waals surface area contributed by atoms with Crippen molar-refractivity contribution in [3.8, 4) is 0 Å². The van der Waals surface area contributed by atoms with Crippen molar-refractivity contribution in [1.82, 2.24) is 0 Å². The average molecular weight is 288 g/mol. The molecule has 2 N–H and O–H groups in total. The van der Waals surface area contributed by atoms with Crippen molar-refractivity contribution in [2.75, 3.05) is 10.2 Å². The highest BCUT2D eigenvalue weighted by molar-refractivity contribution is 7.68. The SMILES string of the molecule is CC(C)(C)P(=O)(Nc1ccccc1)Nc1ccccc1. The second-order valence-corrected chi connectivity index (χ2v) is 8.74. The van der Waals surface area contributed by atoms with Crippen LogP contribution in [0.5, 0.6) is 0 Å². The van der Waals surface area contributed by atoms with Crippen LogP contribution in [0.3, 0.4) is 0 Å². The van der Waals surface area contributed by atoms with E-state index in [0.717, 1.165) is 11.4 Å². The van der Waals surface area contributed by atoms with Crippen molar-refractivity contribution in [3.63, 3.8) is 0 Å². The van der Waals surface area contributed by atoms with Gasteiger partial charge in [-0.15, -0.1) is 0 Å². The first-order chi connectivity index (χ1) is 9.41. The van der Waals surface area contributed by atoms with Crippen LogP contribution in [0.1, 0.15) is 20.8 Å². The van der Waals surface area contributed by atoms with Crippen LogP contribution in [0.15, 0.2) is 60.7 Å². The molecule has 0 radical (unpaired) electrons. The Labute approximate surface area is 120 Å². The number of hydrogen-bond donors (Lipinski definition) is 2. The van der Waals surface area contributed by atoms with E-state index < -0.39 is 12.6 Å². The van der Waals surface area contributed by atoms with Crippen LogP contribution in [-0.2, 0) is 4.57 Å². The monoisotopic (exact) mass is 288 g/mol. The summed E-state index contributed by atoms with van der Waals surface area (Å²) in [6, 6.07) is 19.3. The zero-order valence-corrected chi connectivity index (χ0v) is 13.0. The third-order valence-electron chi connectivity index (χ3n) is 3.07. The number of nitrogens with one attached hydrogen (secondary N) is 2. The number of hydrogen-bond acceptors (Lipinski definition) is 1. The van der Waals surface area contributed by atoms with Gasteiger partial charge in [-0.1, -0.05) is 36.4 Å². The largest absolute Gasteiger partial charge is 0.320 e. The van der Waals surface area contributed by atoms with E-state index in [9.17, 15) is 4.57 Å². The molecule has 0 saturated heterocycles. The van der Waals surface area contributed by atoms with Gasteiger partial charge >= 0.3 is 0 Å². The highest BCUT2D eigenvalue weighted by atomic mass is 31.2. The molecular formula is C16H21N2OP. The van der Waals surface area contributed by atoms with Crippen LogP contribution in [-0.4, -0.2) is 5.16 Å². The lowest BCUT2D eigenvalue weighted by Crippen LogP contribution is -2.25. The highest BCUT2D eigenvalue weighted by Gasteiger charge is 2.37. The first-order valence-corrected chi connectivity index (χ1v) is 8.38. The van der Waals surface area contributed by atoms with Gasteiger partial charge in [0.1, 0.15) is 0 Å². The second-order valence-electron chi connectivity index (χ2n) is 5.74. The molecule has 2 rings (SSSR count). The Hall–Kier alpha value is -1.73. The predicted molar refractivity (Wildman–Crippen MR) is 87.5 cm³/mol. The lowest BCUT2D eigenvalue weighted by Gasteiger charge is -2.33. The van der Waals surface area contributed by atoms with Gasteiger partial charge in [0, 0.05) is 11.4 Å². The van der Waals surface area contributed by atoms with Gasteiger partial charge in [-0.25, -0.2) is 0 Å². The normalized spacial score (nSPS) is 11.9. The Kier molecular flexibility index (Phi) is 4.20. The van der Waals surface area contributed by atoms with E-state index in [1.54, 1.807) is 0 Å². The summed E-state index contributed by atoms with van der Waals surface area (Å²) in [7, 11) is -2.85. The first kappa shape index (κ1) is 14.7. The summed E-state index contributed by atoms with van der Waals surface area (Å²) in [6.45, 7) is 5.92. The summed E-state index contributed by atoms with van der Waals surface area (Å²) in [5.74, 6) is 0. The molecule has 0 atom stereocenters. The van der Waals surface area contributed by atoms with E-state index >= 15 is 0 Å². The molecule has 0 aliphatic rings. The minimum atomic E-state index is -2.85. The zero-order chi connectivity index (χ0) is 14.6. The van der Waals surface area contributed by atoms with E-state index in [4.69, 9.17) is 0 Å². The molecule has 20 heavy (non-hydrogen) atoms. The molecule has 0 aromatic heterocycles. The molecule has 0 amide bonds. The van der Waals surface area contributed by atoms with Gasteiger partial charge in [0.05, 0.1) is 5.16 Å². The Morgan fingerprint density at radius 1 is 0.750 bits per heavy atom. The van der Waals surface area contributed by atoms with E-state index in [1.165, 1.54) is 0 Å². The Morgan fingerprint density at radius 2 is 1.10 bits per heavy atom. The van der Waals surface area contributed by atoms with Gasteiger partial charge in [-0.3, -0.25) is 4.57 Å². The predicted octanol–water partition coefficient (Wildman–Crippen LogP) is 5.20. The second kappa shape index (κ2) is 5.72. The summed E-state index contributed by atoms with van der Waals surface area (Å²) < 4.78 is 13.4. The van der Waals surface area contributed by atoms with Crippen LogP contribution >= 0.6 is 7.44 Å². The van der Waals surface area contributed by atoms with Crippen molar-refractivity contribution in [2.24, 2.45) is 0 Å². The number of rotatable bonds is 4. The van der Waals surface area contributed by atoms with Crippen molar-refractivity contribution < 1.29 is 4.57 Å². The van der Waals surface area contributed by atoms with Crippen LogP contribution < -0.4 is 10.2 Å². The molecule has 0 unspecified atom stereocenters. The summed E-state index contributed by atoms with van der Waals surface area (Å²) in [5.41, 5.74) is 1.71. The van der Waals surface area contributed by atoms with E-state index in [0.29, 0.717) is 0 Å². The first-order valence-electron chi connectivity index (χ1n) is 6.67. The summed E-state index contributed by atoms with van der Waals surface area (Å²) in [5, 5.41) is 5.97. The molecule has 2 aromatic rings. The third-order valence-corrected chi connectivity index (χ3v) is 6.10. The van der Waals surface area contributed by atoms with Gasteiger partial charge in [-0.05, 0) is 45.0 Å². The zero-order valence-electron chi connectivity index (χ0n) is 12.1. The number of para-hydroxylation sites is 2. The molecule has 3 nitrogen and oxygen atoms in total. The standard InChI is InChI=1S/C16H21N2OP/c1-16(2,3)20(19,17-14-10-6-4-7-11-14)18-15-12-8-5-9-13-15/h4-13H,1-3H3,(H2,17,18,19). The maximum atomic E-state index is 13.4. The fourth-order valence-corrected chi connectivity index (χ4v) is 3.50. The third kappa shape index (κ3) is 3.43. The molecule has 0 heterocycles. The van der Waals surface area contributed by atoms with Crippen molar-refractivity contribution in [2.45, 2.75) is 25.9 Å². The topological polar surface area (TPSA) is 41.1 Å². The Morgan fingerprint density at radius 3 is 1.40 bits per heavy atom. The van der Waals surface area contributed by atoms with Gasteiger partial charge in [-0.2, -0.15) is 0 Å².